The molecule has 0 saturated heterocycles. The van der Waals surface area contributed by atoms with Crippen molar-refractivity contribution < 1.29 is 35.2 Å². The number of hydrogen-bond donors (Lipinski definition) is 2. The quantitative estimate of drug-likeness (QED) is 0.284. The van der Waals surface area contributed by atoms with E-state index in [1.165, 1.54) is 42.7 Å². The number of rotatable bonds is 6. The molecule has 4 rings (SSSR count). The molecule has 0 fully saturated rings. The number of para-hydroxylation sites is 1. The summed E-state index contributed by atoms with van der Waals surface area (Å²) in [6.45, 7) is 0. The van der Waals surface area contributed by atoms with Crippen LogP contribution in [0.25, 0.3) is 11.0 Å². The second-order valence-electron chi connectivity index (χ2n) is 7.59. The van der Waals surface area contributed by atoms with Gasteiger partial charge in [-0.25, -0.2) is 17.2 Å². The molecule has 37 heavy (non-hydrogen) atoms. The first-order valence-electron chi connectivity index (χ1n) is 10.2. The lowest BCUT2D eigenvalue weighted by molar-refractivity contribution is -0.155. The van der Waals surface area contributed by atoms with E-state index in [1.807, 2.05) is 0 Å². The number of alkyl halides is 3. The van der Waals surface area contributed by atoms with E-state index in [2.05, 4.69) is 30.6 Å². The molecule has 14 heteroatoms. The van der Waals surface area contributed by atoms with Gasteiger partial charge in [0.2, 0.25) is 0 Å². The van der Waals surface area contributed by atoms with Gasteiger partial charge in [-0.3, -0.25) is 19.5 Å². The van der Waals surface area contributed by atoms with Crippen molar-refractivity contribution in [3.8, 4) is 0 Å². The van der Waals surface area contributed by atoms with Crippen molar-refractivity contribution in [3.05, 3.63) is 94.2 Å². The molecule has 0 radical (unpaired) electrons. The Balaban J connectivity index is 1.72. The number of nitrogens with one attached hydrogen (secondary N) is 2. The fraction of sp³-hybridized carbons (Fsp3) is 0.0870. The second kappa shape index (κ2) is 10.0. The van der Waals surface area contributed by atoms with Gasteiger partial charge in [-0.2, -0.15) is 13.2 Å². The van der Waals surface area contributed by atoms with Gasteiger partial charge in [0.05, 0.1) is 16.8 Å². The molecule has 0 saturated carbocycles. The Morgan fingerprint density at radius 1 is 0.973 bits per heavy atom. The lowest BCUT2D eigenvalue weighted by atomic mass is 10.0. The Morgan fingerprint density at radius 2 is 1.70 bits per heavy atom. The summed E-state index contributed by atoms with van der Waals surface area (Å²) in [6.07, 6.45) is -2.51. The van der Waals surface area contributed by atoms with E-state index in [1.54, 1.807) is 5.32 Å². The second-order valence-corrected chi connectivity index (χ2v) is 10.2. The number of carbonyl (C=O) groups is 1. The molecule has 1 heterocycles. The Hall–Kier alpha value is -3.65. The van der Waals surface area contributed by atoms with Crippen LogP contribution in [0.2, 0.25) is 0 Å². The molecule has 3 aromatic carbocycles. The standard InChI is InChI=1S/C23H14BrF5N4O3S/c24-12-4-6-15(22(34)32-21(23(27,28)29)14-7-5-13(25)11-16(14)26)18(10-12)33-37(35,36)19-3-1-2-17-20(19)31-9-8-30-17/h1-11,21,33H,(H,32,34)/t21-/m0/s1. The largest absolute Gasteiger partial charge is 0.412 e. The van der Waals surface area contributed by atoms with E-state index < -0.39 is 50.9 Å². The van der Waals surface area contributed by atoms with Crippen molar-refractivity contribution in [2.24, 2.45) is 0 Å². The van der Waals surface area contributed by atoms with Gasteiger partial charge >= 0.3 is 6.18 Å². The third-order valence-electron chi connectivity index (χ3n) is 5.10. The van der Waals surface area contributed by atoms with Crippen molar-refractivity contribution in [2.45, 2.75) is 17.1 Å². The molecule has 0 spiro atoms. The maximum atomic E-state index is 14.2. The zero-order valence-electron chi connectivity index (χ0n) is 18.2. The van der Waals surface area contributed by atoms with Crippen molar-refractivity contribution in [2.75, 3.05) is 4.72 Å². The molecule has 1 atom stereocenters. The molecule has 0 aliphatic carbocycles. The van der Waals surface area contributed by atoms with Gasteiger partial charge in [0, 0.05) is 28.5 Å². The molecule has 0 unspecified atom stereocenters. The minimum absolute atomic E-state index is 0.0300. The number of aromatic nitrogens is 2. The van der Waals surface area contributed by atoms with Gasteiger partial charge < -0.3 is 5.32 Å². The van der Waals surface area contributed by atoms with E-state index in [4.69, 9.17) is 0 Å². The van der Waals surface area contributed by atoms with Gasteiger partial charge in [-0.05, 0) is 36.4 Å². The topological polar surface area (TPSA) is 101 Å². The van der Waals surface area contributed by atoms with Crippen LogP contribution in [0.1, 0.15) is 22.0 Å². The van der Waals surface area contributed by atoms with Gasteiger partial charge in [0.15, 0.2) is 6.04 Å². The molecule has 1 amide bonds. The summed E-state index contributed by atoms with van der Waals surface area (Å²) in [5, 5.41) is 1.67. The number of halogens is 6. The van der Waals surface area contributed by atoms with Crippen molar-refractivity contribution in [1.29, 1.82) is 0 Å². The van der Waals surface area contributed by atoms with Crippen LogP contribution in [-0.2, 0) is 10.0 Å². The van der Waals surface area contributed by atoms with Gasteiger partial charge in [0.1, 0.15) is 22.0 Å². The molecule has 4 aromatic rings. The van der Waals surface area contributed by atoms with Gasteiger partial charge in [0.25, 0.3) is 15.9 Å². The summed E-state index contributed by atoms with van der Waals surface area (Å²) in [4.78, 5) is 20.7. The molecule has 1 aromatic heterocycles. The Morgan fingerprint density at radius 3 is 2.41 bits per heavy atom. The van der Waals surface area contributed by atoms with Crippen molar-refractivity contribution in [3.63, 3.8) is 0 Å². The fourth-order valence-electron chi connectivity index (χ4n) is 3.46. The van der Waals surface area contributed by atoms with Crippen LogP contribution in [0, 0.1) is 11.6 Å². The van der Waals surface area contributed by atoms with E-state index in [0.717, 1.165) is 6.07 Å². The van der Waals surface area contributed by atoms with Crippen LogP contribution in [0.3, 0.4) is 0 Å². The Bertz CT molecular complexity index is 1610. The van der Waals surface area contributed by atoms with Crippen LogP contribution in [0.15, 0.2) is 76.4 Å². The maximum Gasteiger partial charge on any atom is 0.412 e. The number of carbonyl (C=O) groups excluding carboxylic acids is 1. The first-order chi connectivity index (χ1) is 17.4. The summed E-state index contributed by atoms with van der Waals surface area (Å²) >= 11 is 3.13. The average Bonchev–Trinajstić information content (AvgIpc) is 2.81. The molecular formula is C23H14BrF5N4O3S. The van der Waals surface area contributed by atoms with E-state index in [0.29, 0.717) is 16.6 Å². The highest BCUT2D eigenvalue weighted by atomic mass is 79.9. The van der Waals surface area contributed by atoms with Gasteiger partial charge in [-0.1, -0.05) is 28.1 Å². The first-order valence-corrected chi connectivity index (χ1v) is 12.5. The van der Waals surface area contributed by atoms with Crippen LogP contribution < -0.4 is 10.0 Å². The molecule has 0 aliphatic rings. The number of anilines is 1. The molecule has 192 valence electrons. The molecule has 0 aliphatic heterocycles. The average molecular weight is 601 g/mol. The Labute approximate surface area is 214 Å². The lowest BCUT2D eigenvalue weighted by Gasteiger charge is -2.23. The number of nitrogens with zero attached hydrogens (tertiary/aromatic N) is 2. The predicted molar refractivity (Wildman–Crippen MR) is 127 cm³/mol. The fourth-order valence-corrected chi connectivity index (χ4v) is 5.06. The van der Waals surface area contributed by atoms with Crippen molar-refractivity contribution in [1.82, 2.24) is 15.3 Å². The minimum atomic E-state index is -5.16. The number of fused-ring (bicyclic) bond motifs is 1. The van der Waals surface area contributed by atoms with Gasteiger partial charge in [-0.15, -0.1) is 0 Å². The molecule has 0 bridgehead atoms. The highest BCUT2D eigenvalue weighted by Crippen LogP contribution is 2.35. The van der Waals surface area contributed by atoms with E-state index >= 15 is 0 Å². The maximum absolute atomic E-state index is 14.2. The summed E-state index contributed by atoms with van der Waals surface area (Å²) in [5.41, 5.74) is -1.58. The zero-order valence-corrected chi connectivity index (χ0v) is 20.6. The summed E-state index contributed by atoms with van der Waals surface area (Å²) in [6, 6.07) is 6.35. The smallest absolute Gasteiger partial charge is 0.337 e. The Kier molecular flexibility index (Phi) is 7.15. The monoisotopic (exact) mass is 600 g/mol. The van der Waals surface area contributed by atoms with E-state index in [-0.39, 0.29) is 27.7 Å². The van der Waals surface area contributed by atoms with Crippen LogP contribution in [0.4, 0.5) is 27.6 Å². The van der Waals surface area contributed by atoms with Crippen molar-refractivity contribution >= 4 is 48.6 Å². The predicted octanol–water partition coefficient (Wildman–Crippen LogP) is 5.50. The third-order valence-corrected chi connectivity index (χ3v) is 6.99. The SMILES string of the molecule is O=C(N[C@@H](c1ccc(F)cc1F)C(F)(F)F)c1ccc(Br)cc1NS(=O)(=O)c1cccc2nccnc12. The molecule has 2 N–H and O–H groups in total. The molecule has 7 nitrogen and oxygen atoms in total. The number of hydrogen-bond acceptors (Lipinski definition) is 5. The van der Waals surface area contributed by atoms with E-state index in [9.17, 15) is 35.2 Å². The summed E-state index contributed by atoms with van der Waals surface area (Å²) in [5.74, 6) is -3.98. The molecular weight excluding hydrogens is 587 g/mol. The number of sulfonamides is 1. The lowest BCUT2D eigenvalue weighted by Crippen LogP contribution is -2.39. The van der Waals surface area contributed by atoms with Crippen LogP contribution in [-0.4, -0.2) is 30.5 Å². The first kappa shape index (κ1) is 26.4. The number of amides is 1. The van der Waals surface area contributed by atoms with Crippen LogP contribution in [0.5, 0.6) is 0 Å². The highest BCUT2D eigenvalue weighted by Gasteiger charge is 2.43. The highest BCUT2D eigenvalue weighted by molar-refractivity contribution is 9.10. The normalized spacial score (nSPS) is 12.8. The zero-order chi connectivity index (χ0) is 27.0. The number of benzene rings is 3. The summed E-state index contributed by atoms with van der Waals surface area (Å²) in [7, 11) is -4.41. The van der Waals surface area contributed by atoms with Crippen LogP contribution >= 0.6 is 15.9 Å². The third kappa shape index (κ3) is 5.69. The minimum Gasteiger partial charge on any atom is -0.337 e. The summed E-state index contributed by atoms with van der Waals surface area (Å²) < 4.78 is 97.5.